The first kappa shape index (κ1) is 16.7. The van der Waals surface area contributed by atoms with Crippen LogP contribution in [0.2, 0.25) is 0 Å². The van der Waals surface area contributed by atoms with Gasteiger partial charge in [0.1, 0.15) is 5.75 Å². The highest BCUT2D eigenvalue weighted by Crippen LogP contribution is 2.15. The third kappa shape index (κ3) is 4.03. The second kappa shape index (κ2) is 7.61. The number of carbonyl (C=O) groups excluding carboxylic acids is 2. The lowest BCUT2D eigenvalue weighted by Gasteiger charge is -2.12. The fourth-order valence-electron chi connectivity index (χ4n) is 2.54. The molecule has 0 aromatic heterocycles. The van der Waals surface area contributed by atoms with Crippen molar-refractivity contribution in [3.63, 3.8) is 0 Å². The number of hydrogen-bond donors (Lipinski definition) is 1. The van der Waals surface area contributed by atoms with Crippen LogP contribution in [0.5, 0.6) is 5.75 Å². The summed E-state index contributed by atoms with van der Waals surface area (Å²) in [6.45, 7) is 0.465. The Morgan fingerprint density at radius 1 is 1.12 bits per heavy atom. The molecule has 2 amide bonds. The van der Waals surface area contributed by atoms with Gasteiger partial charge in [-0.15, -0.1) is 0 Å². The number of nitrogens with zero attached hydrogens (tertiary/aromatic N) is 2. The summed E-state index contributed by atoms with van der Waals surface area (Å²) in [6, 6.07) is 16.5. The Morgan fingerprint density at radius 3 is 2.52 bits per heavy atom. The highest BCUT2D eigenvalue weighted by molar-refractivity contribution is 6.02. The van der Waals surface area contributed by atoms with E-state index in [9.17, 15) is 9.59 Å². The maximum absolute atomic E-state index is 12.2. The summed E-state index contributed by atoms with van der Waals surface area (Å²) >= 11 is 0. The SMILES string of the molecule is CNC(=O)c1ccc(OCC(=O)N2CCC(c3ccccc3)=N2)cc1. The zero-order valence-electron chi connectivity index (χ0n) is 13.9. The third-order valence-corrected chi connectivity index (χ3v) is 3.90. The van der Waals surface area contributed by atoms with Crippen molar-refractivity contribution in [3.05, 3.63) is 65.7 Å². The van der Waals surface area contributed by atoms with Crippen molar-refractivity contribution in [2.45, 2.75) is 6.42 Å². The highest BCUT2D eigenvalue weighted by Gasteiger charge is 2.21. The molecular formula is C19H19N3O3. The monoisotopic (exact) mass is 337 g/mol. The molecule has 0 radical (unpaired) electrons. The van der Waals surface area contributed by atoms with Crippen molar-refractivity contribution in [2.75, 3.05) is 20.2 Å². The first-order chi connectivity index (χ1) is 12.2. The van der Waals surface area contributed by atoms with Crippen molar-refractivity contribution < 1.29 is 14.3 Å². The van der Waals surface area contributed by atoms with Gasteiger partial charge in [-0.25, -0.2) is 5.01 Å². The van der Waals surface area contributed by atoms with Crippen LogP contribution in [0.3, 0.4) is 0 Å². The van der Waals surface area contributed by atoms with Crippen LogP contribution in [-0.4, -0.2) is 42.7 Å². The molecular weight excluding hydrogens is 318 g/mol. The van der Waals surface area contributed by atoms with Crippen LogP contribution in [0.4, 0.5) is 0 Å². The Kier molecular flexibility index (Phi) is 5.09. The van der Waals surface area contributed by atoms with Crippen molar-refractivity contribution >= 4 is 17.5 Å². The largest absolute Gasteiger partial charge is 0.484 e. The van der Waals surface area contributed by atoms with Gasteiger partial charge in [0.05, 0.1) is 12.3 Å². The molecule has 2 aromatic carbocycles. The van der Waals surface area contributed by atoms with Crippen LogP contribution in [0, 0.1) is 0 Å². The van der Waals surface area contributed by atoms with Gasteiger partial charge >= 0.3 is 0 Å². The zero-order valence-corrected chi connectivity index (χ0v) is 13.9. The van der Waals surface area contributed by atoms with Crippen LogP contribution in [0.1, 0.15) is 22.3 Å². The molecule has 0 bridgehead atoms. The highest BCUT2D eigenvalue weighted by atomic mass is 16.5. The van der Waals surface area contributed by atoms with Gasteiger partial charge in [-0.1, -0.05) is 30.3 Å². The van der Waals surface area contributed by atoms with Crippen LogP contribution in [0.15, 0.2) is 59.7 Å². The number of rotatable bonds is 5. The van der Waals surface area contributed by atoms with E-state index < -0.39 is 0 Å². The molecule has 1 N–H and O–H groups in total. The van der Waals surface area contributed by atoms with E-state index in [1.165, 1.54) is 5.01 Å². The van der Waals surface area contributed by atoms with Gasteiger partial charge in [-0.2, -0.15) is 5.10 Å². The van der Waals surface area contributed by atoms with E-state index in [-0.39, 0.29) is 18.4 Å². The Labute approximate surface area is 146 Å². The predicted octanol–water partition coefficient (Wildman–Crippen LogP) is 2.06. The van der Waals surface area contributed by atoms with Gasteiger partial charge in [0.25, 0.3) is 11.8 Å². The number of carbonyl (C=O) groups is 2. The van der Waals surface area contributed by atoms with Crippen molar-refractivity contribution in [3.8, 4) is 5.75 Å². The number of benzene rings is 2. The maximum Gasteiger partial charge on any atom is 0.280 e. The lowest BCUT2D eigenvalue weighted by molar-refractivity contribution is -0.132. The molecule has 6 nitrogen and oxygen atoms in total. The fraction of sp³-hybridized carbons (Fsp3) is 0.211. The van der Waals surface area contributed by atoms with Gasteiger partial charge in [0.2, 0.25) is 0 Å². The summed E-state index contributed by atoms with van der Waals surface area (Å²) in [7, 11) is 1.58. The van der Waals surface area contributed by atoms with E-state index in [0.717, 1.165) is 17.7 Å². The molecule has 1 aliphatic rings. The predicted molar refractivity (Wildman–Crippen MR) is 94.6 cm³/mol. The summed E-state index contributed by atoms with van der Waals surface area (Å²) in [5.41, 5.74) is 2.48. The normalized spacial score (nSPS) is 13.3. The summed E-state index contributed by atoms with van der Waals surface area (Å²) in [5, 5.41) is 8.38. The molecule has 0 aliphatic carbocycles. The topological polar surface area (TPSA) is 71.0 Å². The number of ether oxygens (including phenoxy) is 1. The number of hydrogen-bond acceptors (Lipinski definition) is 4. The molecule has 2 aromatic rings. The first-order valence-corrected chi connectivity index (χ1v) is 8.05. The molecule has 0 saturated heterocycles. The zero-order chi connectivity index (χ0) is 17.6. The van der Waals surface area contributed by atoms with Gasteiger partial charge < -0.3 is 10.1 Å². The second-order valence-electron chi connectivity index (χ2n) is 5.57. The Balaban J connectivity index is 1.56. The van der Waals surface area contributed by atoms with Gasteiger partial charge in [-0.05, 0) is 29.8 Å². The van der Waals surface area contributed by atoms with E-state index in [1.807, 2.05) is 30.3 Å². The maximum atomic E-state index is 12.2. The van der Waals surface area contributed by atoms with E-state index >= 15 is 0 Å². The Bertz CT molecular complexity index is 785. The standard InChI is InChI=1S/C19H19N3O3/c1-20-19(24)15-7-9-16(10-8-15)25-13-18(23)22-12-11-17(21-22)14-5-3-2-4-6-14/h2-10H,11-13H2,1H3,(H,20,24). The molecule has 128 valence electrons. The van der Waals surface area contributed by atoms with Gasteiger partial charge in [0.15, 0.2) is 6.61 Å². The average Bonchev–Trinajstić information content (AvgIpc) is 3.17. The first-order valence-electron chi connectivity index (χ1n) is 8.05. The summed E-state index contributed by atoms with van der Waals surface area (Å²) in [5.74, 6) is 0.177. The molecule has 1 aliphatic heterocycles. The van der Waals surface area contributed by atoms with E-state index in [4.69, 9.17) is 4.74 Å². The van der Waals surface area contributed by atoms with Crippen LogP contribution in [0.25, 0.3) is 0 Å². The molecule has 1 heterocycles. The summed E-state index contributed by atoms with van der Waals surface area (Å²) in [4.78, 5) is 23.7. The van der Waals surface area contributed by atoms with Crippen LogP contribution in [-0.2, 0) is 4.79 Å². The lowest BCUT2D eigenvalue weighted by Crippen LogP contribution is -2.28. The van der Waals surface area contributed by atoms with Crippen molar-refractivity contribution in [1.82, 2.24) is 10.3 Å². The van der Waals surface area contributed by atoms with E-state index in [0.29, 0.717) is 17.9 Å². The molecule has 3 rings (SSSR count). The molecule has 0 saturated carbocycles. The number of amides is 2. The van der Waals surface area contributed by atoms with Crippen LogP contribution < -0.4 is 10.1 Å². The van der Waals surface area contributed by atoms with E-state index in [2.05, 4.69) is 10.4 Å². The van der Waals surface area contributed by atoms with Crippen LogP contribution >= 0.6 is 0 Å². The molecule has 6 heteroatoms. The summed E-state index contributed by atoms with van der Waals surface area (Å²) < 4.78 is 5.50. The molecule has 0 spiro atoms. The third-order valence-electron chi connectivity index (χ3n) is 3.90. The second-order valence-corrected chi connectivity index (χ2v) is 5.57. The minimum Gasteiger partial charge on any atom is -0.484 e. The minimum atomic E-state index is -0.193. The smallest absolute Gasteiger partial charge is 0.280 e. The quantitative estimate of drug-likeness (QED) is 0.908. The van der Waals surface area contributed by atoms with Crippen molar-refractivity contribution in [2.24, 2.45) is 5.10 Å². The lowest BCUT2D eigenvalue weighted by atomic mass is 10.1. The molecule has 0 atom stereocenters. The van der Waals surface area contributed by atoms with E-state index in [1.54, 1.807) is 31.3 Å². The Morgan fingerprint density at radius 2 is 1.84 bits per heavy atom. The van der Waals surface area contributed by atoms with Crippen molar-refractivity contribution in [1.29, 1.82) is 0 Å². The minimum absolute atomic E-state index is 0.0924. The average molecular weight is 337 g/mol. The van der Waals surface area contributed by atoms with Gasteiger partial charge in [-0.3, -0.25) is 9.59 Å². The van der Waals surface area contributed by atoms with Gasteiger partial charge in [0, 0.05) is 19.0 Å². The fourth-order valence-corrected chi connectivity index (χ4v) is 2.54. The molecule has 25 heavy (non-hydrogen) atoms. The number of hydrazone groups is 1. The molecule has 0 fully saturated rings. The number of nitrogens with one attached hydrogen (secondary N) is 1. The Hall–Kier alpha value is -3.15. The molecule has 0 unspecified atom stereocenters. The summed E-state index contributed by atoms with van der Waals surface area (Å²) in [6.07, 6.45) is 0.733.